The zero-order valence-electron chi connectivity index (χ0n) is 11.8. The summed E-state index contributed by atoms with van der Waals surface area (Å²) in [5.41, 5.74) is 1.33. The van der Waals surface area contributed by atoms with Gasteiger partial charge in [-0.25, -0.2) is 9.37 Å². The van der Waals surface area contributed by atoms with Crippen molar-refractivity contribution in [3.63, 3.8) is 0 Å². The van der Waals surface area contributed by atoms with E-state index in [9.17, 15) is 17.6 Å². The summed E-state index contributed by atoms with van der Waals surface area (Å²) in [6.45, 7) is 1.83. The molecule has 1 aliphatic heterocycles. The SMILES string of the molecule is Cc1cc(N2CCO[C@H](C(F)(F)F)C2)nc2ccc(F)cc12. The van der Waals surface area contributed by atoms with Crippen LogP contribution in [0.25, 0.3) is 10.9 Å². The molecule has 1 atom stereocenters. The lowest BCUT2D eigenvalue weighted by molar-refractivity contribution is -0.221. The number of ether oxygens (including phenoxy) is 1. The average Bonchev–Trinajstić information content (AvgIpc) is 2.47. The molecule has 2 heterocycles. The van der Waals surface area contributed by atoms with Crippen LogP contribution in [-0.2, 0) is 4.74 Å². The van der Waals surface area contributed by atoms with Crippen LogP contribution in [0.2, 0.25) is 0 Å². The number of benzene rings is 1. The Morgan fingerprint density at radius 2 is 2.05 bits per heavy atom. The lowest BCUT2D eigenvalue weighted by atomic mass is 10.1. The molecule has 0 unspecified atom stereocenters. The van der Waals surface area contributed by atoms with Crippen molar-refractivity contribution in [3.8, 4) is 0 Å². The highest BCUT2D eigenvalue weighted by Crippen LogP contribution is 2.29. The van der Waals surface area contributed by atoms with Crippen LogP contribution in [0, 0.1) is 12.7 Å². The summed E-state index contributed by atoms with van der Waals surface area (Å²) in [5, 5.41) is 0.657. The Morgan fingerprint density at radius 3 is 2.77 bits per heavy atom. The van der Waals surface area contributed by atoms with Crippen molar-refractivity contribution in [1.29, 1.82) is 0 Å². The van der Waals surface area contributed by atoms with E-state index in [1.165, 1.54) is 18.2 Å². The van der Waals surface area contributed by atoms with Crippen molar-refractivity contribution in [1.82, 2.24) is 4.98 Å². The number of fused-ring (bicyclic) bond motifs is 1. The lowest BCUT2D eigenvalue weighted by Gasteiger charge is -2.34. The molecule has 0 amide bonds. The number of aryl methyl sites for hydroxylation is 1. The zero-order chi connectivity index (χ0) is 15.9. The number of nitrogens with zero attached hydrogens (tertiary/aromatic N) is 2. The Hall–Kier alpha value is -1.89. The molecule has 1 saturated heterocycles. The third-order valence-electron chi connectivity index (χ3n) is 3.72. The largest absolute Gasteiger partial charge is 0.416 e. The molecule has 3 nitrogen and oxygen atoms in total. The normalized spacial score (nSPS) is 19.7. The predicted octanol–water partition coefficient (Wildman–Crippen LogP) is 3.45. The highest BCUT2D eigenvalue weighted by atomic mass is 19.4. The number of alkyl halides is 3. The van der Waals surface area contributed by atoms with E-state index in [0.29, 0.717) is 23.3 Å². The number of halogens is 4. The summed E-state index contributed by atoms with van der Waals surface area (Å²) in [7, 11) is 0. The molecule has 7 heteroatoms. The second kappa shape index (κ2) is 5.39. The number of hydrogen-bond acceptors (Lipinski definition) is 3. The minimum atomic E-state index is -4.40. The molecule has 0 bridgehead atoms. The average molecular weight is 314 g/mol. The number of morpholine rings is 1. The fourth-order valence-electron chi connectivity index (χ4n) is 2.57. The fourth-order valence-corrected chi connectivity index (χ4v) is 2.57. The summed E-state index contributed by atoms with van der Waals surface area (Å²) in [5.74, 6) is 0.0859. The van der Waals surface area contributed by atoms with E-state index in [1.807, 2.05) is 0 Å². The number of aromatic nitrogens is 1. The third-order valence-corrected chi connectivity index (χ3v) is 3.72. The first-order valence-corrected chi connectivity index (χ1v) is 6.85. The van der Waals surface area contributed by atoms with Gasteiger partial charge in [0.25, 0.3) is 0 Å². The molecule has 118 valence electrons. The van der Waals surface area contributed by atoms with E-state index in [2.05, 4.69) is 4.98 Å². The Kier molecular flexibility index (Phi) is 3.68. The van der Waals surface area contributed by atoms with Crippen LogP contribution in [0.1, 0.15) is 5.56 Å². The van der Waals surface area contributed by atoms with Gasteiger partial charge in [0.15, 0.2) is 6.10 Å². The Bertz CT molecular complexity index is 702. The van der Waals surface area contributed by atoms with Crippen LogP contribution in [-0.4, -0.2) is 37.0 Å². The van der Waals surface area contributed by atoms with Crippen molar-refractivity contribution in [2.45, 2.75) is 19.2 Å². The Morgan fingerprint density at radius 1 is 1.27 bits per heavy atom. The van der Waals surface area contributed by atoms with Gasteiger partial charge in [-0.1, -0.05) is 0 Å². The summed E-state index contributed by atoms with van der Waals surface area (Å²) >= 11 is 0. The summed E-state index contributed by atoms with van der Waals surface area (Å²) in [6.07, 6.45) is -6.21. The van der Waals surface area contributed by atoms with E-state index in [0.717, 1.165) is 5.56 Å². The summed E-state index contributed by atoms with van der Waals surface area (Å²) in [4.78, 5) is 5.91. The van der Waals surface area contributed by atoms with Crippen molar-refractivity contribution in [3.05, 3.63) is 35.6 Å². The van der Waals surface area contributed by atoms with Gasteiger partial charge < -0.3 is 9.64 Å². The van der Waals surface area contributed by atoms with Gasteiger partial charge in [0.1, 0.15) is 11.6 Å². The van der Waals surface area contributed by atoms with Gasteiger partial charge in [-0.05, 0) is 36.8 Å². The molecule has 0 saturated carbocycles. The van der Waals surface area contributed by atoms with Gasteiger partial charge in [0.05, 0.1) is 18.7 Å². The van der Waals surface area contributed by atoms with Crippen molar-refractivity contribution in [2.75, 3.05) is 24.6 Å². The highest BCUT2D eigenvalue weighted by molar-refractivity contribution is 5.84. The molecule has 1 aromatic heterocycles. The molecule has 0 radical (unpaired) electrons. The third kappa shape index (κ3) is 2.85. The topological polar surface area (TPSA) is 25.4 Å². The molecular weight excluding hydrogens is 300 g/mol. The van der Waals surface area contributed by atoms with Crippen LogP contribution >= 0.6 is 0 Å². The maximum atomic E-state index is 13.3. The van der Waals surface area contributed by atoms with Crippen molar-refractivity contribution >= 4 is 16.7 Å². The fraction of sp³-hybridized carbons (Fsp3) is 0.400. The number of anilines is 1. The maximum absolute atomic E-state index is 13.3. The molecule has 1 aliphatic rings. The zero-order valence-corrected chi connectivity index (χ0v) is 11.8. The van der Waals surface area contributed by atoms with Gasteiger partial charge in [0.2, 0.25) is 0 Å². The van der Waals surface area contributed by atoms with E-state index in [1.54, 1.807) is 17.9 Å². The first kappa shape index (κ1) is 15.0. The quantitative estimate of drug-likeness (QED) is 0.754. The molecule has 1 aromatic carbocycles. The van der Waals surface area contributed by atoms with Crippen molar-refractivity contribution in [2.24, 2.45) is 0 Å². The smallest absolute Gasteiger partial charge is 0.365 e. The van der Waals surface area contributed by atoms with Crippen LogP contribution in [0.5, 0.6) is 0 Å². The Labute approximate surface area is 124 Å². The van der Waals surface area contributed by atoms with Crippen LogP contribution in [0.4, 0.5) is 23.4 Å². The predicted molar refractivity (Wildman–Crippen MR) is 74.4 cm³/mol. The van der Waals surface area contributed by atoms with Gasteiger partial charge in [-0.2, -0.15) is 13.2 Å². The van der Waals surface area contributed by atoms with Gasteiger partial charge in [-0.3, -0.25) is 0 Å². The van der Waals surface area contributed by atoms with Gasteiger partial charge in [-0.15, -0.1) is 0 Å². The Balaban J connectivity index is 1.94. The van der Waals surface area contributed by atoms with E-state index in [-0.39, 0.29) is 19.0 Å². The monoisotopic (exact) mass is 314 g/mol. The van der Waals surface area contributed by atoms with Crippen LogP contribution in [0.15, 0.2) is 24.3 Å². The van der Waals surface area contributed by atoms with Crippen LogP contribution in [0.3, 0.4) is 0 Å². The number of rotatable bonds is 1. The van der Waals surface area contributed by atoms with E-state index in [4.69, 9.17) is 4.74 Å². The van der Waals surface area contributed by atoms with E-state index < -0.39 is 12.3 Å². The molecule has 0 aliphatic carbocycles. The number of hydrogen-bond donors (Lipinski definition) is 0. The standard InChI is InChI=1S/C15H14F4N2O/c1-9-6-14(20-12-3-2-10(16)7-11(9)12)21-4-5-22-13(8-21)15(17,18)19/h2-3,6-7,13H,4-5,8H2,1H3/t13-/m0/s1. The van der Waals surface area contributed by atoms with Crippen LogP contribution < -0.4 is 4.90 Å². The van der Waals surface area contributed by atoms with E-state index >= 15 is 0 Å². The molecule has 2 aromatic rings. The first-order valence-electron chi connectivity index (χ1n) is 6.85. The minimum absolute atomic E-state index is 0.00758. The van der Waals surface area contributed by atoms with Crippen molar-refractivity contribution < 1.29 is 22.3 Å². The maximum Gasteiger partial charge on any atom is 0.416 e. The molecule has 0 spiro atoms. The van der Waals surface area contributed by atoms with Gasteiger partial charge >= 0.3 is 6.18 Å². The highest BCUT2D eigenvalue weighted by Gasteiger charge is 2.43. The van der Waals surface area contributed by atoms with Gasteiger partial charge in [0, 0.05) is 11.9 Å². The first-order chi connectivity index (χ1) is 10.3. The lowest BCUT2D eigenvalue weighted by Crippen LogP contribution is -2.49. The molecule has 0 N–H and O–H groups in total. The molecular formula is C15H14F4N2O. The second-order valence-corrected chi connectivity index (χ2v) is 5.31. The molecule has 1 fully saturated rings. The molecule has 22 heavy (non-hydrogen) atoms. The summed E-state index contributed by atoms with van der Waals surface area (Å²) < 4.78 is 56.4. The number of pyridine rings is 1. The molecule has 3 rings (SSSR count). The second-order valence-electron chi connectivity index (χ2n) is 5.31. The minimum Gasteiger partial charge on any atom is -0.365 e. The summed E-state index contributed by atoms with van der Waals surface area (Å²) in [6, 6.07) is 5.87.